The zero-order valence-electron chi connectivity index (χ0n) is 13.8. The van der Waals surface area contributed by atoms with E-state index in [9.17, 15) is 4.79 Å². The van der Waals surface area contributed by atoms with Gasteiger partial charge in [0.2, 0.25) is 5.91 Å². The van der Waals surface area contributed by atoms with Crippen molar-refractivity contribution >= 4 is 17.7 Å². The first-order valence-corrected chi connectivity index (χ1v) is 8.63. The Morgan fingerprint density at radius 3 is 2.57 bits per heavy atom. The molecule has 0 radical (unpaired) electrons. The number of amides is 1. The average Bonchev–Trinajstić information content (AvgIpc) is 2.53. The summed E-state index contributed by atoms with van der Waals surface area (Å²) >= 11 is 1.56. The van der Waals surface area contributed by atoms with Gasteiger partial charge in [-0.05, 0) is 50.6 Å². The molecule has 2 aromatic rings. The molecule has 0 unspecified atom stereocenters. The van der Waals surface area contributed by atoms with Crippen molar-refractivity contribution in [2.45, 2.75) is 30.9 Å². The van der Waals surface area contributed by atoms with Crippen LogP contribution in [0.5, 0.6) is 5.75 Å². The lowest BCUT2D eigenvalue weighted by molar-refractivity contribution is -0.120. The smallest absolute Gasteiger partial charge is 0.233 e. The van der Waals surface area contributed by atoms with Crippen LogP contribution in [0, 0.1) is 13.8 Å². The predicted octanol–water partition coefficient (Wildman–Crippen LogP) is 3.98. The van der Waals surface area contributed by atoms with Gasteiger partial charge in [0, 0.05) is 4.90 Å². The fourth-order valence-electron chi connectivity index (χ4n) is 2.07. The Morgan fingerprint density at radius 1 is 1.13 bits per heavy atom. The van der Waals surface area contributed by atoms with Crippen molar-refractivity contribution in [2.24, 2.45) is 0 Å². The zero-order chi connectivity index (χ0) is 16.7. The SMILES string of the molecule is Cc1ccc(S[C@H](C)C(=O)NCCOc2cccc(C)c2)cc1. The molecule has 0 saturated carbocycles. The minimum atomic E-state index is -0.128. The number of ether oxygens (including phenoxy) is 1. The van der Waals surface area contributed by atoms with E-state index in [2.05, 4.69) is 24.4 Å². The highest BCUT2D eigenvalue weighted by Gasteiger charge is 2.13. The summed E-state index contributed by atoms with van der Waals surface area (Å²) in [5, 5.41) is 2.79. The summed E-state index contributed by atoms with van der Waals surface area (Å²) in [5.41, 5.74) is 2.38. The molecule has 2 aromatic carbocycles. The maximum atomic E-state index is 12.1. The van der Waals surface area contributed by atoms with Gasteiger partial charge in [-0.15, -0.1) is 11.8 Å². The summed E-state index contributed by atoms with van der Waals surface area (Å²) in [4.78, 5) is 13.2. The van der Waals surface area contributed by atoms with E-state index in [1.807, 2.05) is 50.2 Å². The highest BCUT2D eigenvalue weighted by molar-refractivity contribution is 8.00. The van der Waals surface area contributed by atoms with Crippen LogP contribution in [0.1, 0.15) is 18.1 Å². The van der Waals surface area contributed by atoms with Crippen LogP contribution in [-0.4, -0.2) is 24.3 Å². The summed E-state index contributed by atoms with van der Waals surface area (Å²) in [6, 6.07) is 16.1. The number of carbonyl (C=O) groups is 1. The average molecular weight is 329 g/mol. The number of hydrogen-bond donors (Lipinski definition) is 1. The number of carbonyl (C=O) groups excluding carboxylic acids is 1. The van der Waals surface area contributed by atoms with Gasteiger partial charge in [-0.1, -0.05) is 29.8 Å². The van der Waals surface area contributed by atoms with Gasteiger partial charge in [0.05, 0.1) is 11.8 Å². The molecule has 0 spiro atoms. The highest BCUT2D eigenvalue weighted by atomic mass is 32.2. The zero-order valence-corrected chi connectivity index (χ0v) is 14.7. The minimum absolute atomic E-state index is 0.0309. The third-order valence-electron chi connectivity index (χ3n) is 3.36. The van der Waals surface area contributed by atoms with Gasteiger partial charge in [-0.25, -0.2) is 0 Å². The number of thioether (sulfide) groups is 1. The summed E-state index contributed by atoms with van der Waals surface area (Å²) in [6.07, 6.45) is 0. The van der Waals surface area contributed by atoms with Crippen LogP contribution in [0.3, 0.4) is 0 Å². The van der Waals surface area contributed by atoms with E-state index in [-0.39, 0.29) is 11.2 Å². The molecule has 0 aliphatic heterocycles. The van der Waals surface area contributed by atoms with E-state index in [1.165, 1.54) is 5.56 Å². The minimum Gasteiger partial charge on any atom is -0.492 e. The Labute approximate surface area is 142 Å². The van der Waals surface area contributed by atoms with Crippen LogP contribution < -0.4 is 10.1 Å². The van der Waals surface area contributed by atoms with Crippen LogP contribution in [0.15, 0.2) is 53.4 Å². The molecule has 0 aliphatic carbocycles. The molecule has 0 saturated heterocycles. The van der Waals surface area contributed by atoms with Gasteiger partial charge < -0.3 is 10.1 Å². The van der Waals surface area contributed by atoms with E-state index < -0.39 is 0 Å². The van der Waals surface area contributed by atoms with Crippen LogP contribution in [-0.2, 0) is 4.79 Å². The van der Waals surface area contributed by atoms with Crippen molar-refractivity contribution < 1.29 is 9.53 Å². The normalized spacial score (nSPS) is 11.8. The Balaban J connectivity index is 1.70. The van der Waals surface area contributed by atoms with Gasteiger partial charge in [0.1, 0.15) is 12.4 Å². The van der Waals surface area contributed by atoms with Gasteiger partial charge in [0.15, 0.2) is 0 Å². The third-order valence-corrected chi connectivity index (χ3v) is 4.47. The molecule has 1 amide bonds. The van der Waals surface area contributed by atoms with Crippen molar-refractivity contribution in [3.8, 4) is 5.75 Å². The molecule has 0 heterocycles. The Bertz CT molecular complexity index is 640. The van der Waals surface area contributed by atoms with Crippen molar-refractivity contribution in [1.82, 2.24) is 5.32 Å². The third kappa shape index (κ3) is 5.99. The molecule has 1 atom stereocenters. The lowest BCUT2D eigenvalue weighted by Crippen LogP contribution is -2.33. The highest BCUT2D eigenvalue weighted by Crippen LogP contribution is 2.23. The van der Waals surface area contributed by atoms with Crippen LogP contribution in [0.4, 0.5) is 0 Å². The Hall–Kier alpha value is -1.94. The van der Waals surface area contributed by atoms with Crippen molar-refractivity contribution in [3.63, 3.8) is 0 Å². The number of rotatable bonds is 7. The standard InChI is InChI=1S/C19H23NO2S/c1-14-7-9-18(10-8-14)23-16(3)19(21)20-11-12-22-17-6-4-5-15(2)13-17/h4-10,13,16H,11-12H2,1-3H3,(H,20,21)/t16-/m1/s1. The second-order valence-corrected chi connectivity index (χ2v) is 6.94. The van der Waals surface area contributed by atoms with Crippen molar-refractivity contribution in [3.05, 3.63) is 59.7 Å². The van der Waals surface area contributed by atoms with Gasteiger partial charge in [0.25, 0.3) is 0 Å². The first kappa shape index (κ1) is 17.4. The van der Waals surface area contributed by atoms with Crippen LogP contribution in [0.2, 0.25) is 0 Å². The van der Waals surface area contributed by atoms with Crippen molar-refractivity contribution in [2.75, 3.05) is 13.2 Å². The van der Waals surface area contributed by atoms with Crippen LogP contribution >= 0.6 is 11.8 Å². The first-order valence-electron chi connectivity index (χ1n) is 7.75. The molecular formula is C19H23NO2S. The summed E-state index contributed by atoms with van der Waals surface area (Å²) in [6.45, 7) is 6.97. The number of nitrogens with one attached hydrogen (secondary N) is 1. The largest absolute Gasteiger partial charge is 0.492 e. The van der Waals surface area contributed by atoms with E-state index in [4.69, 9.17) is 4.74 Å². The maximum Gasteiger partial charge on any atom is 0.233 e. The second-order valence-electron chi connectivity index (χ2n) is 5.53. The molecule has 0 bridgehead atoms. The molecular weight excluding hydrogens is 306 g/mol. The van der Waals surface area contributed by atoms with Crippen LogP contribution in [0.25, 0.3) is 0 Å². The maximum absolute atomic E-state index is 12.1. The van der Waals surface area contributed by atoms with Gasteiger partial charge >= 0.3 is 0 Å². The molecule has 1 N–H and O–H groups in total. The lowest BCUT2D eigenvalue weighted by atomic mass is 10.2. The van der Waals surface area contributed by atoms with E-state index in [1.54, 1.807) is 11.8 Å². The molecule has 0 aromatic heterocycles. The summed E-state index contributed by atoms with van der Waals surface area (Å²) in [7, 11) is 0. The fourth-order valence-corrected chi connectivity index (χ4v) is 2.96. The van der Waals surface area contributed by atoms with E-state index in [0.717, 1.165) is 16.2 Å². The molecule has 0 fully saturated rings. The Kier molecular flexibility index (Phi) is 6.53. The molecule has 2 rings (SSSR count). The Morgan fingerprint density at radius 2 is 1.87 bits per heavy atom. The summed E-state index contributed by atoms with van der Waals surface area (Å²) in [5.74, 6) is 0.866. The molecule has 4 heteroatoms. The van der Waals surface area contributed by atoms with Gasteiger partial charge in [-0.2, -0.15) is 0 Å². The molecule has 122 valence electrons. The van der Waals surface area contributed by atoms with Gasteiger partial charge in [-0.3, -0.25) is 4.79 Å². The van der Waals surface area contributed by atoms with E-state index in [0.29, 0.717) is 13.2 Å². The molecule has 0 aliphatic rings. The summed E-state index contributed by atoms with van der Waals surface area (Å²) < 4.78 is 5.63. The molecule has 3 nitrogen and oxygen atoms in total. The topological polar surface area (TPSA) is 38.3 Å². The fraction of sp³-hybridized carbons (Fsp3) is 0.316. The number of hydrogen-bond acceptors (Lipinski definition) is 3. The number of benzene rings is 2. The lowest BCUT2D eigenvalue weighted by Gasteiger charge is -2.13. The van der Waals surface area contributed by atoms with Crippen molar-refractivity contribution in [1.29, 1.82) is 0 Å². The van der Waals surface area contributed by atoms with E-state index >= 15 is 0 Å². The second kappa shape index (κ2) is 8.63. The number of aryl methyl sites for hydroxylation is 2. The monoisotopic (exact) mass is 329 g/mol. The molecule has 23 heavy (non-hydrogen) atoms. The predicted molar refractivity (Wildman–Crippen MR) is 96.2 cm³/mol. The quantitative estimate of drug-likeness (QED) is 0.617. The first-order chi connectivity index (χ1) is 11.0.